The number of rotatable bonds is 8. The Morgan fingerprint density at radius 3 is 2.56 bits per heavy atom. The zero-order chi connectivity index (χ0) is 18.4. The van der Waals surface area contributed by atoms with E-state index >= 15 is 0 Å². The second-order valence-corrected chi connectivity index (χ2v) is 5.54. The summed E-state index contributed by atoms with van der Waals surface area (Å²) in [5.74, 6) is -0.0251. The molecule has 0 aliphatic carbocycles. The molecule has 6 nitrogen and oxygen atoms in total. The first-order valence-corrected chi connectivity index (χ1v) is 8.00. The number of hydrogen-bond donors (Lipinski definition) is 1. The number of pyridine rings is 1. The molecule has 1 aromatic heterocycles. The van der Waals surface area contributed by atoms with Crippen LogP contribution in [0.2, 0.25) is 0 Å². The van der Waals surface area contributed by atoms with Crippen LogP contribution in [0, 0.1) is 0 Å². The summed E-state index contributed by atoms with van der Waals surface area (Å²) in [7, 11) is 1.53. The van der Waals surface area contributed by atoms with E-state index in [0.717, 1.165) is 12.0 Å². The maximum atomic E-state index is 11.8. The van der Waals surface area contributed by atoms with Gasteiger partial charge in [-0.2, -0.15) is 0 Å². The van der Waals surface area contributed by atoms with Crippen molar-refractivity contribution in [2.75, 3.05) is 7.11 Å². The van der Waals surface area contributed by atoms with Crippen LogP contribution < -0.4 is 9.47 Å². The Bertz CT molecular complexity index is 785. The van der Waals surface area contributed by atoms with E-state index in [1.165, 1.54) is 20.1 Å². The molecule has 6 heteroatoms. The Kier molecular flexibility index (Phi) is 6.11. The van der Waals surface area contributed by atoms with Gasteiger partial charge in [0.2, 0.25) is 0 Å². The summed E-state index contributed by atoms with van der Waals surface area (Å²) in [6, 6.07) is 8.18. The predicted octanol–water partition coefficient (Wildman–Crippen LogP) is 3.52. The molecule has 0 amide bonds. The minimum atomic E-state index is -1.08. The maximum absolute atomic E-state index is 11.8. The van der Waals surface area contributed by atoms with Crippen molar-refractivity contribution in [1.82, 2.24) is 4.98 Å². The number of nitrogens with zero attached hydrogens (tertiary/aromatic N) is 1. The molecule has 132 valence electrons. The van der Waals surface area contributed by atoms with Crippen molar-refractivity contribution >= 4 is 11.8 Å². The first-order valence-electron chi connectivity index (χ1n) is 8.00. The van der Waals surface area contributed by atoms with Gasteiger partial charge in [-0.1, -0.05) is 19.4 Å². The van der Waals surface area contributed by atoms with E-state index in [9.17, 15) is 9.59 Å². The number of aromatic carboxylic acids is 1. The molecular weight excluding hydrogens is 322 g/mol. The fraction of sp³-hybridized carbons (Fsp3) is 0.316. The predicted molar refractivity (Wildman–Crippen MR) is 92.5 cm³/mol. The number of carboxylic acids is 1. The molecule has 0 atom stereocenters. The van der Waals surface area contributed by atoms with Gasteiger partial charge < -0.3 is 14.6 Å². The van der Waals surface area contributed by atoms with Crippen molar-refractivity contribution in [3.63, 3.8) is 0 Å². The molecule has 0 unspecified atom stereocenters. The number of ether oxygens (including phenoxy) is 2. The molecule has 0 bridgehead atoms. The number of Topliss-reactive ketones (excluding diaryl/α,β-unsaturated/α-hetero) is 1. The summed E-state index contributed by atoms with van der Waals surface area (Å²) < 4.78 is 11.3. The summed E-state index contributed by atoms with van der Waals surface area (Å²) in [6.07, 6.45) is 1.56. The standard InChI is InChI=1S/C19H21NO5/c1-4-6-15-17(10-9-14(12(2)21)18(15)24-3)25-11-13-7-5-8-16(20-13)19(22)23/h5,7-10H,4,6,11H2,1-3H3,(H,22,23). The molecule has 0 aliphatic rings. The van der Waals surface area contributed by atoms with Crippen LogP contribution in [0.25, 0.3) is 0 Å². The monoisotopic (exact) mass is 343 g/mol. The van der Waals surface area contributed by atoms with Crippen molar-refractivity contribution in [3.05, 3.63) is 52.8 Å². The van der Waals surface area contributed by atoms with Crippen LogP contribution in [0.4, 0.5) is 0 Å². The molecule has 1 N–H and O–H groups in total. The van der Waals surface area contributed by atoms with Gasteiger partial charge in [0, 0.05) is 5.56 Å². The van der Waals surface area contributed by atoms with Crippen LogP contribution in [0.1, 0.15) is 52.4 Å². The van der Waals surface area contributed by atoms with Gasteiger partial charge in [-0.15, -0.1) is 0 Å². The molecule has 0 fully saturated rings. The highest BCUT2D eigenvalue weighted by molar-refractivity contribution is 5.97. The maximum Gasteiger partial charge on any atom is 0.354 e. The van der Waals surface area contributed by atoms with Gasteiger partial charge in [0.05, 0.1) is 18.4 Å². The number of carbonyl (C=O) groups excluding carboxylic acids is 1. The smallest absolute Gasteiger partial charge is 0.354 e. The molecule has 0 radical (unpaired) electrons. The first kappa shape index (κ1) is 18.4. The topological polar surface area (TPSA) is 85.7 Å². The third kappa shape index (κ3) is 4.35. The fourth-order valence-corrected chi connectivity index (χ4v) is 2.57. The van der Waals surface area contributed by atoms with Crippen molar-refractivity contribution in [3.8, 4) is 11.5 Å². The second-order valence-electron chi connectivity index (χ2n) is 5.54. The van der Waals surface area contributed by atoms with Crippen LogP contribution in [0.3, 0.4) is 0 Å². The molecule has 1 heterocycles. The molecule has 0 aliphatic heterocycles. The lowest BCUT2D eigenvalue weighted by Gasteiger charge is -2.17. The van der Waals surface area contributed by atoms with Crippen LogP contribution >= 0.6 is 0 Å². The van der Waals surface area contributed by atoms with Gasteiger partial charge in [-0.05, 0) is 37.6 Å². The molecule has 2 aromatic rings. The van der Waals surface area contributed by atoms with Gasteiger partial charge >= 0.3 is 5.97 Å². The lowest BCUT2D eigenvalue weighted by atomic mass is 10.0. The van der Waals surface area contributed by atoms with Crippen molar-refractivity contribution in [2.45, 2.75) is 33.3 Å². The van der Waals surface area contributed by atoms with Crippen LogP contribution in [-0.4, -0.2) is 29.0 Å². The van der Waals surface area contributed by atoms with Gasteiger partial charge in [-0.3, -0.25) is 4.79 Å². The van der Waals surface area contributed by atoms with Gasteiger partial charge in [0.15, 0.2) is 5.78 Å². The van der Waals surface area contributed by atoms with Gasteiger partial charge in [0.25, 0.3) is 0 Å². The third-order valence-electron chi connectivity index (χ3n) is 3.70. The summed E-state index contributed by atoms with van der Waals surface area (Å²) in [5.41, 5.74) is 1.83. The summed E-state index contributed by atoms with van der Waals surface area (Å²) in [4.78, 5) is 26.8. The number of carboxylic acid groups (broad SMARTS) is 1. The van der Waals surface area contributed by atoms with Crippen LogP contribution in [-0.2, 0) is 13.0 Å². The summed E-state index contributed by atoms with van der Waals surface area (Å²) in [5, 5.41) is 9.01. The first-order chi connectivity index (χ1) is 12.0. The van der Waals surface area contributed by atoms with Gasteiger partial charge in [0.1, 0.15) is 23.8 Å². The molecule has 1 aromatic carbocycles. The minimum Gasteiger partial charge on any atom is -0.496 e. The third-order valence-corrected chi connectivity index (χ3v) is 3.70. The normalized spacial score (nSPS) is 10.4. The molecule has 0 saturated carbocycles. The van der Waals surface area contributed by atoms with E-state index < -0.39 is 5.97 Å². The number of benzene rings is 1. The average molecular weight is 343 g/mol. The molecular formula is C19H21NO5. The molecule has 0 spiro atoms. The fourth-order valence-electron chi connectivity index (χ4n) is 2.57. The highest BCUT2D eigenvalue weighted by Gasteiger charge is 2.17. The highest BCUT2D eigenvalue weighted by atomic mass is 16.5. The van der Waals surface area contributed by atoms with E-state index in [-0.39, 0.29) is 18.1 Å². The zero-order valence-corrected chi connectivity index (χ0v) is 14.5. The van der Waals surface area contributed by atoms with E-state index in [1.807, 2.05) is 6.92 Å². The van der Waals surface area contributed by atoms with Crippen LogP contribution in [0.15, 0.2) is 30.3 Å². The SMILES string of the molecule is CCCc1c(OCc2cccc(C(=O)O)n2)ccc(C(C)=O)c1OC. The Balaban J connectivity index is 2.31. The Hall–Kier alpha value is -2.89. The van der Waals surface area contributed by atoms with Crippen molar-refractivity contribution in [1.29, 1.82) is 0 Å². The largest absolute Gasteiger partial charge is 0.496 e. The van der Waals surface area contributed by atoms with E-state index in [0.29, 0.717) is 29.2 Å². The highest BCUT2D eigenvalue weighted by Crippen LogP contribution is 2.34. The van der Waals surface area contributed by atoms with E-state index in [2.05, 4.69) is 4.98 Å². The molecule has 2 rings (SSSR count). The Labute approximate surface area is 146 Å². The Morgan fingerprint density at radius 2 is 1.96 bits per heavy atom. The average Bonchev–Trinajstić information content (AvgIpc) is 2.60. The number of methoxy groups -OCH3 is 1. The zero-order valence-electron chi connectivity index (χ0n) is 14.5. The van der Waals surface area contributed by atoms with E-state index in [4.69, 9.17) is 14.6 Å². The van der Waals surface area contributed by atoms with E-state index in [1.54, 1.807) is 24.3 Å². The van der Waals surface area contributed by atoms with Crippen LogP contribution in [0.5, 0.6) is 11.5 Å². The lowest BCUT2D eigenvalue weighted by Crippen LogP contribution is -2.07. The number of carbonyl (C=O) groups is 2. The number of hydrogen-bond acceptors (Lipinski definition) is 5. The molecule has 25 heavy (non-hydrogen) atoms. The number of ketones is 1. The second kappa shape index (κ2) is 8.28. The van der Waals surface area contributed by atoms with Crippen molar-refractivity contribution in [2.24, 2.45) is 0 Å². The minimum absolute atomic E-state index is 0.0283. The Morgan fingerprint density at radius 1 is 1.20 bits per heavy atom. The number of aromatic nitrogens is 1. The van der Waals surface area contributed by atoms with Gasteiger partial charge in [-0.25, -0.2) is 9.78 Å². The van der Waals surface area contributed by atoms with Crippen molar-refractivity contribution < 1.29 is 24.2 Å². The summed E-state index contributed by atoms with van der Waals surface area (Å²) >= 11 is 0. The summed E-state index contributed by atoms with van der Waals surface area (Å²) in [6.45, 7) is 3.65. The lowest BCUT2D eigenvalue weighted by molar-refractivity contribution is 0.0689. The molecule has 0 saturated heterocycles. The quantitative estimate of drug-likeness (QED) is 0.738.